The van der Waals surface area contributed by atoms with Gasteiger partial charge in [-0.1, -0.05) is 30.3 Å². The van der Waals surface area contributed by atoms with Gasteiger partial charge in [0.25, 0.3) is 0 Å². The van der Waals surface area contributed by atoms with Crippen LogP contribution in [0.3, 0.4) is 0 Å². The van der Waals surface area contributed by atoms with Gasteiger partial charge in [-0.05, 0) is 22.6 Å². The van der Waals surface area contributed by atoms with Gasteiger partial charge in [0.1, 0.15) is 12.1 Å². The Bertz CT molecular complexity index is 457. The van der Waals surface area contributed by atoms with E-state index in [9.17, 15) is 0 Å². The molecule has 2 rings (SSSR count). The lowest BCUT2D eigenvalue weighted by atomic mass is 10.1. The van der Waals surface area contributed by atoms with Crippen LogP contribution in [0, 0.1) is 3.57 Å². The number of rotatable bonds is 2. The monoisotopic (exact) mass is 311 g/mol. The molecule has 1 aromatic heterocycles. The summed E-state index contributed by atoms with van der Waals surface area (Å²) in [5.74, 6) is 0.865. The first-order valence-electron chi connectivity index (χ1n) is 4.56. The zero-order chi connectivity index (χ0) is 10.7. The quantitative estimate of drug-likeness (QED) is 0.867. The van der Waals surface area contributed by atoms with Gasteiger partial charge in [0.05, 0.1) is 9.26 Å². The molecule has 0 aliphatic carbocycles. The van der Waals surface area contributed by atoms with Crippen LogP contribution >= 0.6 is 22.6 Å². The molecule has 0 saturated carbocycles. The fourth-order valence-electron chi connectivity index (χ4n) is 1.34. The predicted octanol–water partition coefficient (Wildman–Crippen LogP) is 2.79. The second-order valence-electron chi connectivity index (χ2n) is 3.00. The van der Waals surface area contributed by atoms with Crippen LogP contribution in [0.15, 0.2) is 36.7 Å². The van der Waals surface area contributed by atoms with Crippen LogP contribution in [0.5, 0.6) is 0 Å². The fraction of sp³-hybridized carbons (Fsp3) is 0.0909. The summed E-state index contributed by atoms with van der Waals surface area (Å²) in [6.45, 7) is 0. The van der Waals surface area contributed by atoms with Crippen LogP contribution < -0.4 is 5.32 Å². The Morgan fingerprint density at radius 3 is 2.53 bits per heavy atom. The third-order valence-corrected chi connectivity index (χ3v) is 3.10. The van der Waals surface area contributed by atoms with Crippen molar-refractivity contribution >= 4 is 28.4 Å². The first-order valence-corrected chi connectivity index (χ1v) is 5.64. The van der Waals surface area contributed by atoms with E-state index in [1.54, 1.807) is 6.33 Å². The Hall–Kier alpha value is -1.17. The highest BCUT2D eigenvalue weighted by Crippen LogP contribution is 2.26. The number of hydrogen-bond donors (Lipinski definition) is 1. The van der Waals surface area contributed by atoms with Crippen molar-refractivity contribution in [3.63, 3.8) is 0 Å². The summed E-state index contributed by atoms with van der Waals surface area (Å²) in [6, 6.07) is 10.1. The van der Waals surface area contributed by atoms with Crippen molar-refractivity contribution in [1.82, 2.24) is 9.97 Å². The summed E-state index contributed by atoms with van der Waals surface area (Å²) >= 11 is 2.26. The van der Waals surface area contributed by atoms with E-state index in [-0.39, 0.29) is 0 Å². The summed E-state index contributed by atoms with van der Waals surface area (Å²) in [5, 5.41) is 3.05. The van der Waals surface area contributed by atoms with E-state index < -0.39 is 0 Å². The van der Waals surface area contributed by atoms with Gasteiger partial charge in [-0.15, -0.1) is 0 Å². The van der Waals surface area contributed by atoms with E-state index >= 15 is 0 Å². The lowest BCUT2D eigenvalue weighted by molar-refractivity contribution is 1.15. The Labute approximate surface area is 102 Å². The number of nitrogens with one attached hydrogen (secondary N) is 1. The summed E-state index contributed by atoms with van der Waals surface area (Å²) in [6.07, 6.45) is 1.58. The minimum absolute atomic E-state index is 0.865. The van der Waals surface area contributed by atoms with E-state index in [1.807, 2.05) is 37.4 Å². The van der Waals surface area contributed by atoms with Crippen LogP contribution in [0.1, 0.15) is 0 Å². The molecule has 1 N–H and O–H groups in total. The third kappa shape index (κ3) is 2.09. The molecule has 0 fully saturated rings. The van der Waals surface area contributed by atoms with Crippen LogP contribution in [-0.2, 0) is 0 Å². The number of hydrogen-bond acceptors (Lipinski definition) is 3. The van der Waals surface area contributed by atoms with E-state index in [1.165, 1.54) is 0 Å². The van der Waals surface area contributed by atoms with Gasteiger partial charge in [-0.3, -0.25) is 0 Å². The molecule has 1 heterocycles. The van der Waals surface area contributed by atoms with Crippen molar-refractivity contribution in [3.05, 3.63) is 40.2 Å². The van der Waals surface area contributed by atoms with Crippen molar-refractivity contribution in [3.8, 4) is 11.3 Å². The van der Waals surface area contributed by atoms with E-state index in [4.69, 9.17) is 0 Å². The Balaban J connectivity index is 2.54. The molecule has 0 radical (unpaired) electrons. The van der Waals surface area contributed by atoms with Gasteiger partial charge in [-0.2, -0.15) is 0 Å². The molecule has 3 nitrogen and oxygen atoms in total. The predicted molar refractivity (Wildman–Crippen MR) is 69.7 cm³/mol. The largest absolute Gasteiger partial charge is 0.372 e. The lowest BCUT2D eigenvalue weighted by Crippen LogP contribution is -1.99. The molecule has 2 aromatic rings. The number of benzene rings is 1. The molecule has 0 atom stereocenters. The molecule has 0 bridgehead atoms. The van der Waals surface area contributed by atoms with Gasteiger partial charge in [0, 0.05) is 12.6 Å². The van der Waals surface area contributed by atoms with Crippen LogP contribution in [0.2, 0.25) is 0 Å². The molecule has 4 heteroatoms. The maximum Gasteiger partial charge on any atom is 0.143 e. The van der Waals surface area contributed by atoms with Crippen molar-refractivity contribution < 1.29 is 0 Å². The first-order chi connectivity index (χ1) is 7.33. The average molecular weight is 311 g/mol. The van der Waals surface area contributed by atoms with Crippen molar-refractivity contribution in [1.29, 1.82) is 0 Å². The summed E-state index contributed by atoms with van der Waals surface area (Å²) in [7, 11) is 1.86. The minimum Gasteiger partial charge on any atom is -0.372 e. The summed E-state index contributed by atoms with van der Waals surface area (Å²) < 4.78 is 1.05. The van der Waals surface area contributed by atoms with Gasteiger partial charge in [0.15, 0.2) is 0 Å². The molecular weight excluding hydrogens is 301 g/mol. The summed E-state index contributed by atoms with van der Waals surface area (Å²) in [4.78, 5) is 8.45. The SMILES string of the molecule is CNc1ncnc(-c2ccccc2)c1I. The highest BCUT2D eigenvalue weighted by atomic mass is 127. The van der Waals surface area contributed by atoms with Gasteiger partial charge < -0.3 is 5.32 Å². The normalized spacial score (nSPS) is 10.0. The molecular formula is C11H10IN3. The topological polar surface area (TPSA) is 37.8 Å². The first kappa shape index (κ1) is 10.4. The second kappa shape index (κ2) is 4.57. The Morgan fingerprint density at radius 1 is 1.13 bits per heavy atom. The minimum atomic E-state index is 0.865. The van der Waals surface area contributed by atoms with E-state index in [0.717, 1.165) is 20.6 Å². The van der Waals surface area contributed by atoms with E-state index in [0.29, 0.717) is 0 Å². The van der Waals surface area contributed by atoms with Crippen molar-refractivity contribution in [2.24, 2.45) is 0 Å². The zero-order valence-electron chi connectivity index (χ0n) is 8.24. The number of aromatic nitrogens is 2. The van der Waals surface area contributed by atoms with Gasteiger partial charge in [0.2, 0.25) is 0 Å². The highest BCUT2D eigenvalue weighted by Gasteiger charge is 2.08. The number of nitrogens with zero attached hydrogens (tertiary/aromatic N) is 2. The Morgan fingerprint density at radius 2 is 1.87 bits per heavy atom. The summed E-state index contributed by atoms with van der Waals surface area (Å²) in [5.41, 5.74) is 2.08. The fourth-order valence-corrected chi connectivity index (χ4v) is 2.20. The molecule has 0 aliphatic heterocycles. The number of halogens is 1. The molecule has 0 unspecified atom stereocenters. The molecule has 76 valence electrons. The number of anilines is 1. The zero-order valence-corrected chi connectivity index (χ0v) is 10.4. The van der Waals surface area contributed by atoms with Gasteiger partial charge in [-0.25, -0.2) is 9.97 Å². The third-order valence-electron chi connectivity index (χ3n) is 2.07. The average Bonchev–Trinajstić information content (AvgIpc) is 2.30. The molecule has 0 amide bonds. The maximum atomic E-state index is 4.30. The van der Waals surface area contributed by atoms with Crippen LogP contribution in [0.4, 0.5) is 5.82 Å². The Kier molecular flexibility index (Phi) is 3.15. The van der Waals surface area contributed by atoms with Crippen LogP contribution in [0.25, 0.3) is 11.3 Å². The second-order valence-corrected chi connectivity index (χ2v) is 4.08. The molecule has 0 spiro atoms. The van der Waals surface area contributed by atoms with Gasteiger partial charge >= 0.3 is 0 Å². The van der Waals surface area contributed by atoms with Crippen molar-refractivity contribution in [2.45, 2.75) is 0 Å². The molecule has 1 aromatic carbocycles. The van der Waals surface area contributed by atoms with E-state index in [2.05, 4.69) is 37.9 Å². The molecule has 0 saturated heterocycles. The smallest absolute Gasteiger partial charge is 0.143 e. The lowest BCUT2D eigenvalue weighted by Gasteiger charge is -2.07. The maximum absolute atomic E-state index is 4.30. The van der Waals surface area contributed by atoms with Crippen molar-refractivity contribution in [2.75, 3.05) is 12.4 Å². The molecule has 15 heavy (non-hydrogen) atoms. The van der Waals surface area contributed by atoms with Crippen LogP contribution in [-0.4, -0.2) is 17.0 Å². The standard InChI is InChI=1S/C11H10IN3/c1-13-11-9(12)10(14-7-15-11)8-5-3-2-4-6-8/h2-7H,1H3,(H,13,14,15). The highest BCUT2D eigenvalue weighted by molar-refractivity contribution is 14.1. The molecule has 0 aliphatic rings.